The molecule has 1 aliphatic rings. The Balaban J connectivity index is 1.18. The number of hydrogen-bond donors (Lipinski definition) is 2. The maximum absolute atomic E-state index is 14.8. The summed E-state index contributed by atoms with van der Waals surface area (Å²) in [6, 6.07) is 48.0. The zero-order chi connectivity index (χ0) is 53.8. The number of aryl methyl sites for hydroxylation is 1. The molecular weight excluding hydrogens is 977 g/mol. The topological polar surface area (TPSA) is 154 Å². The lowest BCUT2D eigenvalue weighted by Crippen LogP contribution is -2.62. The molecule has 5 atom stereocenters. The van der Waals surface area contributed by atoms with Crippen molar-refractivity contribution >= 4 is 28.6 Å². The molecule has 1 fully saturated rings. The number of anilines is 1. The first kappa shape index (κ1) is 55.8. The molecular formula is C63H70N2O12. The van der Waals surface area contributed by atoms with E-state index in [-0.39, 0.29) is 61.8 Å². The number of fused-ring (bicyclic) bond motifs is 1. The minimum atomic E-state index is -1.21. The number of aromatic nitrogens is 1. The normalized spacial score (nSPS) is 17.3. The van der Waals surface area contributed by atoms with E-state index >= 15 is 0 Å². The Morgan fingerprint density at radius 1 is 0.649 bits per heavy atom. The van der Waals surface area contributed by atoms with Gasteiger partial charge in [-0.1, -0.05) is 160 Å². The molecule has 77 heavy (non-hydrogen) atoms. The van der Waals surface area contributed by atoms with Gasteiger partial charge in [0, 0.05) is 24.2 Å². The van der Waals surface area contributed by atoms with Gasteiger partial charge < -0.3 is 57.6 Å². The molecule has 0 saturated carbocycles. The van der Waals surface area contributed by atoms with Crippen LogP contribution in [-0.2, 0) is 62.0 Å². The quantitative estimate of drug-likeness (QED) is 0.0354. The Labute approximate surface area is 451 Å². The number of carbonyl (C=O) groups excluding carboxylic acids is 1. The number of unbranched alkanes of at least 4 members (excludes halogenated alkanes) is 5. The van der Waals surface area contributed by atoms with Crippen molar-refractivity contribution in [2.45, 2.75) is 103 Å². The number of nitrogens with zero attached hydrogens (tertiary/aromatic N) is 1. The molecule has 0 bridgehead atoms. The Hall–Kier alpha value is -7.46. The first-order valence-corrected chi connectivity index (χ1v) is 26.4. The van der Waals surface area contributed by atoms with Crippen molar-refractivity contribution in [2.75, 3.05) is 32.8 Å². The number of amides is 1. The molecule has 2 N–H and O–H groups in total. The summed E-state index contributed by atoms with van der Waals surface area (Å²) >= 11 is 0. The predicted octanol–water partition coefficient (Wildman–Crippen LogP) is 11.7. The number of carbonyl (C=O) groups is 1. The summed E-state index contributed by atoms with van der Waals surface area (Å²) in [4.78, 5) is 28.3. The number of phenolic OH excluding ortho intramolecular Hbond substituents is 1. The summed E-state index contributed by atoms with van der Waals surface area (Å²) in [7, 11) is 4.52. The minimum Gasteiger partial charge on any atom is -0.502 e. The number of pyridine rings is 1. The molecule has 0 aliphatic carbocycles. The van der Waals surface area contributed by atoms with Gasteiger partial charge in [0.05, 0.1) is 59.4 Å². The molecule has 2 heterocycles. The van der Waals surface area contributed by atoms with Gasteiger partial charge in [0.25, 0.3) is 5.56 Å². The second-order valence-electron chi connectivity index (χ2n) is 18.9. The van der Waals surface area contributed by atoms with Crippen LogP contribution in [0.25, 0.3) is 17.0 Å². The molecule has 7 aromatic rings. The second-order valence-corrected chi connectivity index (χ2v) is 18.9. The largest absolute Gasteiger partial charge is 0.502 e. The van der Waals surface area contributed by atoms with Gasteiger partial charge in [-0.05, 0) is 70.6 Å². The average Bonchev–Trinajstić information content (AvgIpc) is 3.47. The lowest BCUT2D eigenvalue weighted by atomic mass is 9.97. The molecule has 0 unspecified atom stereocenters. The number of hydrogen-bond acceptors (Lipinski definition) is 12. The van der Waals surface area contributed by atoms with Crippen molar-refractivity contribution < 1.29 is 52.5 Å². The van der Waals surface area contributed by atoms with Crippen LogP contribution in [0.5, 0.6) is 28.7 Å². The van der Waals surface area contributed by atoms with Crippen molar-refractivity contribution in [2.24, 2.45) is 7.05 Å². The lowest BCUT2D eigenvalue weighted by Gasteiger charge is -2.45. The van der Waals surface area contributed by atoms with Gasteiger partial charge in [0.15, 0.2) is 17.2 Å². The first-order valence-electron chi connectivity index (χ1n) is 26.4. The SMILES string of the molecule is CCCCCCCCOc1c(O[C@H]2O[C@H](COCc3ccccc3)[C@@H](OCc3ccccc3)[C@H](OCc3ccccc3)[C@@H]2OCc2ccccc2)c2ccc(NC(=O)C=Cc3cc(OC)c(O)c(OC)c3)cc2n(C)c1=O. The number of ether oxygens (including phenoxy) is 9. The molecule has 8 rings (SSSR count). The number of benzene rings is 6. The van der Waals surface area contributed by atoms with Crippen molar-refractivity contribution in [3.05, 3.63) is 196 Å². The average molecular weight is 1050 g/mol. The summed E-state index contributed by atoms with van der Waals surface area (Å²) in [5.74, 6) is -0.0485. The van der Waals surface area contributed by atoms with Crippen LogP contribution >= 0.6 is 0 Å². The molecule has 404 valence electrons. The Kier molecular flexibility index (Phi) is 20.7. The van der Waals surface area contributed by atoms with Crippen LogP contribution in [0.2, 0.25) is 0 Å². The van der Waals surface area contributed by atoms with E-state index in [0.29, 0.717) is 28.8 Å². The van der Waals surface area contributed by atoms with E-state index in [1.165, 1.54) is 24.9 Å². The third-order valence-electron chi connectivity index (χ3n) is 13.3. The fourth-order valence-electron chi connectivity index (χ4n) is 9.18. The van der Waals surface area contributed by atoms with E-state index in [1.807, 2.05) is 121 Å². The van der Waals surface area contributed by atoms with E-state index in [9.17, 15) is 14.7 Å². The van der Waals surface area contributed by atoms with Crippen LogP contribution in [0.4, 0.5) is 5.69 Å². The Morgan fingerprint density at radius 2 is 1.18 bits per heavy atom. The van der Waals surface area contributed by atoms with Crippen molar-refractivity contribution in [3.63, 3.8) is 0 Å². The van der Waals surface area contributed by atoms with E-state index in [4.69, 9.17) is 42.6 Å². The maximum atomic E-state index is 14.8. The summed E-state index contributed by atoms with van der Waals surface area (Å²) in [6.45, 7) is 3.50. The second kappa shape index (κ2) is 28.6. The highest BCUT2D eigenvalue weighted by Gasteiger charge is 2.50. The van der Waals surface area contributed by atoms with Crippen molar-refractivity contribution in [1.82, 2.24) is 4.57 Å². The van der Waals surface area contributed by atoms with Crippen molar-refractivity contribution in [3.8, 4) is 28.7 Å². The molecule has 0 spiro atoms. The van der Waals surface area contributed by atoms with Crippen LogP contribution in [0, 0.1) is 0 Å². The molecule has 6 aromatic carbocycles. The summed E-state index contributed by atoms with van der Waals surface area (Å²) in [5.41, 5.74) is 4.79. The van der Waals surface area contributed by atoms with E-state index in [2.05, 4.69) is 12.2 Å². The zero-order valence-corrected chi connectivity index (χ0v) is 44.3. The minimum absolute atomic E-state index is 0.0134. The number of nitrogens with one attached hydrogen (secondary N) is 1. The highest BCUT2D eigenvalue weighted by Crippen LogP contribution is 2.40. The van der Waals surface area contributed by atoms with Crippen LogP contribution < -0.4 is 29.8 Å². The molecule has 1 amide bonds. The van der Waals surface area contributed by atoms with Crippen LogP contribution in [0.3, 0.4) is 0 Å². The number of rotatable bonds is 28. The van der Waals surface area contributed by atoms with Gasteiger partial charge in [-0.2, -0.15) is 0 Å². The highest BCUT2D eigenvalue weighted by molar-refractivity contribution is 6.03. The van der Waals surface area contributed by atoms with Gasteiger partial charge in [-0.3, -0.25) is 9.59 Å². The summed E-state index contributed by atoms with van der Waals surface area (Å²) < 4.78 is 60.2. The predicted molar refractivity (Wildman–Crippen MR) is 297 cm³/mol. The molecule has 1 aromatic heterocycles. The smallest absolute Gasteiger partial charge is 0.297 e. The Bertz CT molecular complexity index is 3000. The van der Waals surface area contributed by atoms with Crippen LogP contribution in [0.1, 0.15) is 73.3 Å². The van der Waals surface area contributed by atoms with Gasteiger partial charge in [0.2, 0.25) is 23.7 Å². The molecule has 0 radical (unpaired) electrons. The molecule has 1 aliphatic heterocycles. The van der Waals surface area contributed by atoms with Crippen LogP contribution in [0.15, 0.2) is 163 Å². The third kappa shape index (κ3) is 15.4. The molecule has 14 heteroatoms. The van der Waals surface area contributed by atoms with Crippen LogP contribution in [-0.4, -0.2) is 73.7 Å². The number of methoxy groups -OCH3 is 2. The maximum Gasteiger partial charge on any atom is 0.297 e. The van der Waals surface area contributed by atoms with Gasteiger partial charge in [-0.15, -0.1) is 0 Å². The fourth-order valence-corrected chi connectivity index (χ4v) is 9.18. The summed E-state index contributed by atoms with van der Waals surface area (Å²) in [6.07, 6.45) is 4.58. The third-order valence-corrected chi connectivity index (χ3v) is 13.3. The zero-order valence-electron chi connectivity index (χ0n) is 44.3. The molecule has 1 saturated heterocycles. The standard InChI is InChI=1S/C63H70N2O12/c1-5-6-7-8-9-22-35-72-60-57(50-33-32-49(38-51(50)65(2)62(60)68)64-55(66)34-31-48-36-52(69-3)56(67)53(37-48)70-4)77-63-61(75-42-47-29-20-13-21-30-47)59(74-41-46-27-18-12-19-28-46)58(73-40-45-25-16-11-17-26-45)54(76-63)43-71-39-44-23-14-10-15-24-44/h10-21,23-34,36-38,54,58-59,61,63,67H,5-9,22,35,39-43H2,1-4H3,(H,64,66)/t54-,58-,59+,61+,63-/m1/s1. The number of aromatic hydroxyl groups is 1. The van der Waals surface area contributed by atoms with Crippen molar-refractivity contribution in [1.29, 1.82) is 0 Å². The highest BCUT2D eigenvalue weighted by atomic mass is 16.7. The number of phenols is 1. The molecule has 14 nitrogen and oxygen atoms in total. The van der Waals surface area contributed by atoms with E-state index < -0.39 is 42.2 Å². The first-order chi connectivity index (χ1) is 37.7. The Morgan fingerprint density at radius 3 is 1.75 bits per heavy atom. The van der Waals surface area contributed by atoms with E-state index in [0.717, 1.165) is 60.8 Å². The monoisotopic (exact) mass is 1050 g/mol. The van der Waals surface area contributed by atoms with E-state index in [1.54, 1.807) is 43.5 Å². The van der Waals surface area contributed by atoms with Gasteiger partial charge in [0.1, 0.15) is 24.4 Å². The van der Waals surface area contributed by atoms with Gasteiger partial charge >= 0.3 is 0 Å². The fraction of sp³-hybridized carbons (Fsp3) is 0.333. The van der Waals surface area contributed by atoms with Gasteiger partial charge in [-0.25, -0.2) is 0 Å². The lowest BCUT2D eigenvalue weighted by molar-refractivity contribution is -0.310. The summed E-state index contributed by atoms with van der Waals surface area (Å²) in [5, 5.41) is 13.9.